The molecule has 0 unspecified atom stereocenters. The number of aliphatic hydroxyl groups is 1. The molecular weight excluding hydrogens is 157 g/mol. The molecule has 1 heterocycles. The van der Waals surface area contributed by atoms with Crippen molar-refractivity contribution >= 4 is 0 Å². The van der Waals surface area contributed by atoms with Crippen LogP contribution in [0.3, 0.4) is 0 Å². The summed E-state index contributed by atoms with van der Waals surface area (Å²) in [5, 5.41) is 9.43. The van der Waals surface area contributed by atoms with Crippen LogP contribution in [-0.4, -0.2) is 10.1 Å². The highest BCUT2D eigenvalue weighted by Crippen LogP contribution is 2.15. The van der Waals surface area contributed by atoms with Gasteiger partial charge < -0.3 is 5.11 Å². The fourth-order valence-electron chi connectivity index (χ4n) is 1.01. The van der Waals surface area contributed by atoms with E-state index in [0.717, 1.165) is 12.6 Å². The summed E-state index contributed by atoms with van der Waals surface area (Å²) >= 11 is 0. The van der Waals surface area contributed by atoms with Crippen molar-refractivity contribution in [2.24, 2.45) is 0 Å². The van der Waals surface area contributed by atoms with Gasteiger partial charge in [0.2, 0.25) is 0 Å². The van der Waals surface area contributed by atoms with Crippen molar-refractivity contribution < 1.29 is 9.50 Å². The number of nitrogens with zero attached hydrogens (tertiary/aromatic N) is 1. The fraction of sp³-hybridized carbons (Fsp3) is 0.444. The van der Waals surface area contributed by atoms with Crippen molar-refractivity contribution in [3.05, 3.63) is 29.8 Å². The first-order chi connectivity index (χ1) is 5.74. The van der Waals surface area contributed by atoms with Crippen LogP contribution in [0.1, 0.15) is 31.6 Å². The highest BCUT2D eigenvalue weighted by molar-refractivity contribution is 5.07. The Labute approximate surface area is 71.1 Å². The molecule has 0 saturated heterocycles. The Morgan fingerprint density at radius 1 is 1.58 bits per heavy atom. The molecule has 1 N–H and O–H groups in total. The third-order valence-electron chi connectivity index (χ3n) is 1.65. The molecule has 0 bridgehead atoms. The maximum absolute atomic E-state index is 12.4. The van der Waals surface area contributed by atoms with Crippen molar-refractivity contribution in [2.75, 3.05) is 0 Å². The van der Waals surface area contributed by atoms with Crippen molar-refractivity contribution in [3.63, 3.8) is 0 Å². The minimum absolute atomic E-state index is 0.373. The van der Waals surface area contributed by atoms with E-state index in [1.807, 2.05) is 6.92 Å². The zero-order chi connectivity index (χ0) is 8.97. The molecule has 1 rings (SSSR count). The quantitative estimate of drug-likeness (QED) is 0.751. The van der Waals surface area contributed by atoms with Gasteiger partial charge >= 0.3 is 0 Å². The molecular formula is C9H12FNO. The molecule has 0 amide bonds. The minimum Gasteiger partial charge on any atom is -0.387 e. The second-order valence-electron chi connectivity index (χ2n) is 2.71. The Balaban J connectivity index is 2.68. The van der Waals surface area contributed by atoms with Crippen LogP contribution in [-0.2, 0) is 0 Å². The average Bonchev–Trinajstić information content (AvgIpc) is 2.06. The molecule has 0 spiro atoms. The number of halogens is 1. The molecule has 12 heavy (non-hydrogen) atoms. The lowest BCUT2D eigenvalue weighted by molar-refractivity contribution is 0.161. The molecule has 0 aromatic carbocycles. The molecule has 1 aromatic rings. The van der Waals surface area contributed by atoms with Crippen LogP contribution in [0, 0.1) is 5.82 Å². The Bertz CT molecular complexity index is 235. The van der Waals surface area contributed by atoms with Crippen LogP contribution < -0.4 is 0 Å². The van der Waals surface area contributed by atoms with Crippen molar-refractivity contribution in [1.82, 2.24) is 4.98 Å². The first-order valence-corrected chi connectivity index (χ1v) is 4.03. The number of pyridine rings is 1. The number of hydrogen-bond donors (Lipinski definition) is 1. The van der Waals surface area contributed by atoms with Crippen molar-refractivity contribution in [3.8, 4) is 0 Å². The molecule has 0 saturated carbocycles. The highest BCUT2D eigenvalue weighted by Gasteiger charge is 2.06. The summed E-state index contributed by atoms with van der Waals surface area (Å²) in [6, 6.07) is 2.82. The average molecular weight is 169 g/mol. The molecule has 3 heteroatoms. The van der Waals surface area contributed by atoms with E-state index in [1.165, 1.54) is 12.1 Å². The van der Waals surface area contributed by atoms with Crippen molar-refractivity contribution in [1.29, 1.82) is 0 Å². The highest BCUT2D eigenvalue weighted by atomic mass is 19.1. The Hall–Kier alpha value is -0.960. The smallest absolute Gasteiger partial charge is 0.141 e. The van der Waals surface area contributed by atoms with Gasteiger partial charge in [0, 0.05) is 0 Å². The summed E-state index contributed by atoms with van der Waals surface area (Å²) in [6.45, 7) is 1.98. The number of rotatable bonds is 3. The summed E-state index contributed by atoms with van der Waals surface area (Å²) in [4.78, 5) is 3.77. The molecule has 0 fully saturated rings. The summed E-state index contributed by atoms with van der Waals surface area (Å²) in [7, 11) is 0. The van der Waals surface area contributed by atoms with Gasteiger partial charge in [-0.2, -0.15) is 0 Å². The minimum atomic E-state index is -0.560. The van der Waals surface area contributed by atoms with Crippen LogP contribution in [0.5, 0.6) is 0 Å². The predicted octanol–water partition coefficient (Wildman–Crippen LogP) is 2.05. The van der Waals surface area contributed by atoms with Gasteiger partial charge in [-0.25, -0.2) is 4.39 Å². The van der Waals surface area contributed by atoms with Crippen LogP contribution in [0.2, 0.25) is 0 Å². The van der Waals surface area contributed by atoms with Gasteiger partial charge in [-0.1, -0.05) is 13.3 Å². The molecule has 1 aromatic heterocycles. The Morgan fingerprint density at radius 3 is 2.83 bits per heavy atom. The van der Waals surface area contributed by atoms with E-state index in [1.54, 1.807) is 0 Å². The second kappa shape index (κ2) is 4.16. The zero-order valence-corrected chi connectivity index (χ0v) is 7.00. The summed E-state index contributed by atoms with van der Waals surface area (Å²) in [5.41, 5.74) is 0.540. The van der Waals surface area contributed by atoms with Crippen LogP contribution in [0.25, 0.3) is 0 Å². The standard InChI is InChI=1S/C9H12FNO/c1-2-3-9(12)8-5-4-7(10)6-11-8/h4-6,9,12H,2-3H2,1H3/t9-/m1/s1. The van der Waals surface area contributed by atoms with Crippen molar-refractivity contribution in [2.45, 2.75) is 25.9 Å². The predicted molar refractivity (Wildman–Crippen MR) is 44.1 cm³/mol. The third kappa shape index (κ3) is 2.27. The molecule has 2 nitrogen and oxygen atoms in total. The topological polar surface area (TPSA) is 33.1 Å². The number of hydrogen-bond acceptors (Lipinski definition) is 2. The van der Waals surface area contributed by atoms with E-state index in [0.29, 0.717) is 12.1 Å². The van der Waals surface area contributed by atoms with Gasteiger partial charge in [0.1, 0.15) is 5.82 Å². The van der Waals surface area contributed by atoms with E-state index < -0.39 is 6.10 Å². The maximum atomic E-state index is 12.4. The largest absolute Gasteiger partial charge is 0.387 e. The van der Waals surface area contributed by atoms with Gasteiger partial charge in [0.25, 0.3) is 0 Å². The van der Waals surface area contributed by atoms with Gasteiger partial charge in [-0.15, -0.1) is 0 Å². The van der Waals surface area contributed by atoms with E-state index in [2.05, 4.69) is 4.98 Å². The lowest BCUT2D eigenvalue weighted by atomic mass is 10.1. The first-order valence-electron chi connectivity index (χ1n) is 4.03. The molecule has 66 valence electrons. The second-order valence-corrected chi connectivity index (χ2v) is 2.71. The summed E-state index contributed by atoms with van der Waals surface area (Å²) < 4.78 is 12.4. The molecule has 0 aliphatic rings. The lowest BCUT2D eigenvalue weighted by Crippen LogP contribution is -1.99. The third-order valence-corrected chi connectivity index (χ3v) is 1.65. The van der Waals surface area contributed by atoms with E-state index in [9.17, 15) is 9.50 Å². The first kappa shape index (κ1) is 9.13. The van der Waals surface area contributed by atoms with Gasteiger partial charge in [-0.3, -0.25) is 4.98 Å². The van der Waals surface area contributed by atoms with Crippen LogP contribution in [0.4, 0.5) is 4.39 Å². The zero-order valence-electron chi connectivity index (χ0n) is 7.00. The normalized spacial score (nSPS) is 12.9. The van der Waals surface area contributed by atoms with E-state index in [-0.39, 0.29) is 5.82 Å². The monoisotopic (exact) mass is 169 g/mol. The SMILES string of the molecule is CCC[C@@H](O)c1ccc(F)cn1. The lowest BCUT2D eigenvalue weighted by Gasteiger charge is -2.07. The Morgan fingerprint density at radius 2 is 2.33 bits per heavy atom. The van der Waals surface area contributed by atoms with Gasteiger partial charge in [0.05, 0.1) is 18.0 Å². The molecule has 0 radical (unpaired) electrons. The Kier molecular flexibility index (Phi) is 3.17. The maximum Gasteiger partial charge on any atom is 0.141 e. The van der Waals surface area contributed by atoms with Gasteiger partial charge in [-0.05, 0) is 18.6 Å². The summed E-state index contributed by atoms with van der Waals surface area (Å²) in [6.07, 6.45) is 2.11. The van der Waals surface area contributed by atoms with Gasteiger partial charge in [0.15, 0.2) is 0 Å². The molecule has 0 aliphatic heterocycles. The number of aliphatic hydroxyl groups excluding tert-OH is 1. The molecule has 0 aliphatic carbocycles. The molecule has 1 atom stereocenters. The van der Waals surface area contributed by atoms with E-state index >= 15 is 0 Å². The summed E-state index contributed by atoms with van der Waals surface area (Å²) in [5.74, 6) is -0.373. The van der Waals surface area contributed by atoms with Crippen LogP contribution >= 0.6 is 0 Å². The van der Waals surface area contributed by atoms with E-state index in [4.69, 9.17) is 0 Å². The fourth-order valence-corrected chi connectivity index (χ4v) is 1.01. The number of aromatic nitrogens is 1. The van der Waals surface area contributed by atoms with Crippen LogP contribution in [0.15, 0.2) is 18.3 Å².